The second kappa shape index (κ2) is 8.61. The maximum atomic E-state index is 12.3. The van der Waals surface area contributed by atoms with Crippen LogP contribution in [0.5, 0.6) is 5.75 Å². The van der Waals surface area contributed by atoms with Crippen molar-refractivity contribution in [1.82, 2.24) is 4.72 Å². The van der Waals surface area contributed by atoms with Gasteiger partial charge in [-0.05, 0) is 42.0 Å². The van der Waals surface area contributed by atoms with Gasteiger partial charge in [-0.2, -0.15) is 0 Å². The Morgan fingerprint density at radius 3 is 2.32 bits per heavy atom. The van der Waals surface area contributed by atoms with E-state index in [1.54, 1.807) is 38.1 Å². The smallest absolute Gasteiger partial charge is 0.406 e. The fourth-order valence-electron chi connectivity index (χ4n) is 2.13. The molecule has 2 aromatic rings. The lowest BCUT2D eigenvalue weighted by molar-refractivity contribution is -0.274. The number of amides is 1. The first kappa shape index (κ1) is 21.7. The molecule has 0 bridgehead atoms. The first-order valence-corrected chi connectivity index (χ1v) is 9.70. The largest absolute Gasteiger partial charge is 0.573 e. The zero-order chi connectivity index (χ0) is 20.9. The lowest BCUT2D eigenvalue weighted by atomic mass is 10.1. The van der Waals surface area contributed by atoms with Gasteiger partial charge in [0.05, 0.1) is 4.90 Å². The highest BCUT2D eigenvalue weighted by molar-refractivity contribution is 7.89. The van der Waals surface area contributed by atoms with E-state index in [-0.39, 0.29) is 23.3 Å². The average Bonchev–Trinajstić information content (AvgIpc) is 2.59. The van der Waals surface area contributed by atoms with Crippen molar-refractivity contribution in [3.8, 4) is 5.75 Å². The van der Waals surface area contributed by atoms with E-state index >= 15 is 0 Å². The van der Waals surface area contributed by atoms with Gasteiger partial charge in [-0.1, -0.05) is 26.0 Å². The van der Waals surface area contributed by atoms with Gasteiger partial charge in [0, 0.05) is 18.2 Å². The summed E-state index contributed by atoms with van der Waals surface area (Å²) in [4.78, 5) is 11.5. The molecule has 152 valence electrons. The Morgan fingerprint density at radius 1 is 1.11 bits per heavy atom. The molecule has 0 unspecified atom stereocenters. The van der Waals surface area contributed by atoms with E-state index in [4.69, 9.17) is 0 Å². The molecule has 0 saturated heterocycles. The predicted molar refractivity (Wildman–Crippen MR) is 97.1 cm³/mol. The summed E-state index contributed by atoms with van der Waals surface area (Å²) < 4.78 is 67.2. The summed E-state index contributed by atoms with van der Waals surface area (Å²) in [5.74, 6) is -0.884. The van der Waals surface area contributed by atoms with Crippen LogP contribution in [0, 0.1) is 5.92 Å². The number of benzene rings is 2. The fourth-order valence-corrected chi connectivity index (χ4v) is 3.15. The van der Waals surface area contributed by atoms with Crippen molar-refractivity contribution in [2.75, 3.05) is 5.32 Å². The van der Waals surface area contributed by atoms with Gasteiger partial charge in [0.2, 0.25) is 15.9 Å². The molecule has 0 aromatic heterocycles. The molecule has 0 atom stereocenters. The first-order valence-electron chi connectivity index (χ1n) is 8.21. The van der Waals surface area contributed by atoms with Crippen molar-refractivity contribution in [2.24, 2.45) is 5.92 Å². The fraction of sp³-hybridized carbons (Fsp3) is 0.278. The monoisotopic (exact) mass is 416 g/mol. The van der Waals surface area contributed by atoms with E-state index in [0.29, 0.717) is 11.3 Å². The van der Waals surface area contributed by atoms with Crippen LogP contribution in [0.15, 0.2) is 53.4 Å². The molecule has 2 rings (SSSR count). The molecule has 0 heterocycles. The second-order valence-electron chi connectivity index (χ2n) is 6.19. The maximum absolute atomic E-state index is 12.3. The molecule has 0 spiro atoms. The van der Waals surface area contributed by atoms with Crippen molar-refractivity contribution >= 4 is 21.6 Å². The molecule has 2 N–H and O–H groups in total. The van der Waals surface area contributed by atoms with Gasteiger partial charge < -0.3 is 10.1 Å². The topological polar surface area (TPSA) is 84.5 Å². The van der Waals surface area contributed by atoms with Crippen LogP contribution in [0.4, 0.5) is 18.9 Å². The molecular weight excluding hydrogens is 397 g/mol. The predicted octanol–water partition coefficient (Wildman–Crippen LogP) is 3.66. The summed E-state index contributed by atoms with van der Waals surface area (Å²) in [6.07, 6.45) is -4.85. The van der Waals surface area contributed by atoms with Gasteiger partial charge in [-0.25, -0.2) is 13.1 Å². The van der Waals surface area contributed by atoms with Crippen LogP contribution >= 0.6 is 0 Å². The van der Waals surface area contributed by atoms with Gasteiger partial charge >= 0.3 is 6.36 Å². The summed E-state index contributed by atoms with van der Waals surface area (Å²) in [6, 6.07) is 10.5. The van der Waals surface area contributed by atoms with Crippen LogP contribution in [0.1, 0.15) is 19.4 Å². The molecule has 0 aliphatic carbocycles. The van der Waals surface area contributed by atoms with E-state index < -0.39 is 22.1 Å². The Morgan fingerprint density at radius 2 is 1.75 bits per heavy atom. The van der Waals surface area contributed by atoms with E-state index in [2.05, 4.69) is 14.8 Å². The second-order valence-corrected chi connectivity index (χ2v) is 7.96. The number of carbonyl (C=O) groups excluding carboxylic acids is 1. The molecule has 2 aromatic carbocycles. The number of halogens is 3. The number of hydrogen-bond acceptors (Lipinski definition) is 4. The SMILES string of the molecule is CC(C)C(=O)Nc1cccc(CNS(=O)(=O)c2ccc(OC(F)(F)F)cc2)c1. The molecule has 0 aliphatic heterocycles. The first-order chi connectivity index (χ1) is 13.0. The van der Waals surface area contributed by atoms with Crippen LogP contribution in [0.2, 0.25) is 0 Å². The number of hydrogen-bond donors (Lipinski definition) is 2. The van der Waals surface area contributed by atoms with Crippen molar-refractivity contribution in [3.63, 3.8) is 0 Å². The van der Waals surface area contributed by atoms with Crippen molar-refractivity contribution < 1.29 is 31.1 Å². The van der Waals surface area contributed by atoms with Crippen LogP contribution in [-0.2, 0) is 21.4 Å². The van der Waals surface area contributed by atoms with Crippen LogP contribution in [0.3, 0.4) is 0 Å². The third kappa shape index (κ3) is 6.54. The number of anilines is 1. The van der Waals surface area contributed by atoms with E-state index in [0.717, 1.165) is 24.3 Å². The van der Waals surface area contributed by atoms with Crippen LogP contribution in [0.25, 0.3) is 0 Å². The Bertz CT molecular complexity index is 927. The Hall–Kier alpha value is -2.59. The zero-order valence-corrected chi connectivity index (χ0v) is 15.9. The lowest BCUT2D eigenvalue weighted by Gasteiger charge is -2.11. The summed E-state index contributed by atoms with van der Waals surface area (Å²) in [6.45, 7) is 3.44. The minimum atomic E-state index is -4.85. The third-order valence-electron chi connectivity index (χ3n) is 3.55. The molecule has 6 nitrogen and oxygen atoms in total. The molecule has 0 radical (unpaired) electrons. The molecule has 10 heteroatoms. The van der Waals surface area contributed by atoms with E-state index in [1.165, 1.54) is 0 Å². The standard InChI is InChI=1S/C18H19F3N2O4S/c1-12(2)17(24)23-14-5-3-4-13(10-14)11-22-28(25,26)16-8-6-15(7-9-16)27-18(19,20)21/h3-10,12,22H,11H2,1-2H3,(H,23,24). The van der Waals surface area contributed by atoms with E-state index in [1.807, 2.05) is 0 Å². The van der Waals surface area contributed by atoms with Gasteiger partial charge in [-0.15, -0.1) is 13.2 Å². The third-order valence-corrected chi connectivity index (χ3v) is 4.97. The van der Waals surface area contributed by atoms with Gasteiger partial charge in [0.15, 0.2) is 0 Å². The molecule has 0 aliphatic rings. The number of alkyl halides is 3. The van der Waals surface area contributed by atoms with Crippen LogP contribution in [-0.4, -0.2) is 20.7 Å². The van der Waals surface area contributed by atoms with Gasteiger partial charge in [0.1, 0.15) is 5.75 Å². The number of carbonyl (C=O) groups is 1. The van der Waals surface area contributed by atoms with Crippen molar-refractivity contribution in [2.45, 2.75) is 31.7 Å². The summed E-state index contributed by atoms with van der Waals surface area (Å²) in [5, 5.41) is 2.71. The highest BCUT2D eigenvalue weighted by Gasteiger charge is 2.31. The molecule has 28 heavy (non-hydrogen) atoms. The summed E-state index contributed by atoms with van der Waals surface area (Å²) >= 11 is 0. The maximum Gasteiger partial charge on any atom is 0.573 e. The minimum Gasteiger partial charge on any atom is -0.406 e. The highest BCUT2D eigenvalue weighted by atomic mass is 32.2. The van der Waals surface area contributed by atoms with Crippen molar-refractivity contribution in [3.05, 3.63) is 54.1 Å². The lowest BCUT2D eigenvalue weighted by Crippen LogP contribution is -2.23. The normalized spacial score (nSPS) is 12.1. The average molecular weight is 416 g/mol. The number of sulfonamides is 1. The minimum absolute atomic E-state index is 0.0610. The molecule has 0 saturated carbocycles. The molecular formula is C18H19F3N2O4S. The molecule has 0 fully saturated rings. The van der Waals surface area contributed by atoms with Crippen LogP contribution < -0.4 is 14.8 Å². The van der Waals surface area contributed by atoms with Crippen molar-refractivity contribution in [1.29, 1.82) is 0 Å². The summed E-state index contributed by atoms with van der Waals surface area (Å²) in [7, 11) is -3.94. The van der Waals surface area contributed by atoms with E-state index in [9.17, 15) is 26.4 Å². The van der Waals surface area contributed by atoms with Gasteiger partial charge in [-0.3, -0.25) is 4.79 Å². The number of ether oxygens (including phenoxy) is 1. The molecule has 1 amide bonds. The Balaban J connectivity index is 2.04. The number of rotatable bonds is 7. The Kier molecular flexibility index (Phi) is 6.68. The summed E-state index contributed by atoms with van der Waals surface area (Å²) in [5.41, 5.74) is 1.13. The van der Waals surface area contributed by atoms with Gasteiger partial charge in [0.25, 0.3) is 0 Å². The quantitative estimate of drug-likeness (QED) is 0.722. The Labute approximate surface area is 160 Å². The highest BCUT2D eigenvalue weighted by Crippen LogP contribution is 2.24. The number of nitrogens with one attached hydrogen (secondary N) is 2. The zero-order valence-electron chi connectivity index (χ0n) is 15.1.